The molecule has 0 aliphatic heterocycles. The van der Waals surface area contributed by atoms with Crippen molar-refractivity contribution in [3.05, 3.63) is 82.7 Å². The second-order valence-corrected chi connectivity index (χ2v) is 8.62. The molecule has 0 radical (unpaired) electrons. The smallest absolute Gasteiger partial charge is 0.422 e. The molecule has 0 saturated heterocycles. The number of ether oxygens (including phenoxy) is 2. The van der Waals surface area contributed by atoms with E-state index in [1.54, 1.807) is 12.1 Å². The van der Waals surface area contributed by atoms with Crippen LogP contribution in [-0.2, 0) is 19.0 Å². The van der Waals surface area contributed by atoms with E-state index in [1.165, 1.54) is 19.1 Å². The Labute approximate surface area is 215 Å². The standard InChI is InChI=1S/C28H26F8O2/c1-3-5-6-17-7-9-18(10-8-17)20-12-14-21(23(25(20)30)28(34,35)36)38-27(32,33)16-15-19-11-13-22(37-4-2)26(31)24(19)29/h7-14H,3-6,15-16H2,1-2H3. The summed E-state index contributed by atoms with van der Waals surface area (Å²) < 4.78 is 123. The zero-order valence-corrected chi connectivity index (χ0v) is 20.7. The van der Waals surface area contributed by atoms with Gasteiger partial charge in [-0.05, 0) is 61.1 Å². The minimum Gasteiger partial charge on any atom is -0.491 e. The van der Waals surface area contributed by atoms with Crippen molar-refractivity contribution in [3.8, 4) is 22.6 Å². The topological polar surface area (TPSA) is 18.5 Å². The van der Waals surface area contributed by atoms with Gasteiger partial charge in [0.2, 0.25) is 5.82 Å². The van der Waals surface area contributed by atoms with Crippen molar-refractivity contribution >= 4 is 0 Å². The molecule has 0 heterocycles. The summed E-state index contributed by atoms with van der Waals surface area (Å²) in [5.41, 5.74) is -1.80. The number of aryl methyl sites for hydroxylation is 2. The van der Waals surface area contributed by atoms with Gasteiger partial charge in [-0.1, -0.05) is 43.7 Å². The number of hydrogen-bond acceptors (Lipinski definition) is 2. The maximum Gasteiger partial charge on any atom is 0.422 e. The quantitative estimate of drug-likeness (QED) is 0.223. The first kappa shape index (κ1) is 29.3. The molecule has 3 rings (SSSR count). The van der Waals surface area contributed by atoms with E-state index < -0.39 is 70.8 Å². The van der Waals surface area contributed by atoms with Crippen LogP contribution in [0.25, 0.3) is 11.1 Å². The predicted molar refractivity (Wildman–Crippen MR) is 127 cm³/mol. The van der Waals surface area contributed by atoms with E-state index in [9.17, 15) is 30.7 Å². The third kappa shape index (κ3) is 6.96. The molecule has 0 spiro atoms. The van der Waals surface area contributed by atoms with Crippen molar-refractivity contribution in [1.29, 1.82) is 0 Å². The summed E-state index contributed by atoms with van der Waals surface area (Å²) in [6.07, 6.45) is -9.06. The van der Waals surface area contributed by atoms with Crippen molar-refractivity contribution in [2.75, 3.05) is 6.61 Å². The molecule has 0 atom stereocenters. The number of alkyl halides is 5. The summed E-state index contributed by atoms with van der Waals surface area (Å²) in [5.74, 6) is -6.37. The molecule has 3 aromatic carbocycles. The van der Waals surface area contributed by atoms with E-state index in [1.807, 2.05) is 6.92 Å². The minimum atomic E-state index is -5.35. The van der Waals surface area contributed by atoms with Crippen molar-refractivity contribution < 1.29 is 44.6 Å². The highest BCUT2D eigenvalue weighted by molar-refractivity contribution is 5.67. The van der Waals surface area contributed by atoms with Crippen LogP contribution in [0.3, 0.4) is 0 Å². The maximum absolute atomic E-state index is 15.1. The lowest BCUT2D eigenvalue weighted by atomic mass is 9.98. The van der Waals surface area contributed by atoms with Crippen LogP contribution in [0.4, 0.5) is 35.1 Å². The highest BCUT2D eigenvalue weighted by atomic mass is 19.4. The van der Waals surface area contributed by atoms with Gasteiger partial charge in [-0.15, -0.1) is 0 Å². The van der Waals surface area contributed by atoms with E-state index in [0.29, 0.717) is 6.07 Å². The third-order valence-corrected chi connectivity index (χ3v) is 5.84. The highest BCUT2D eigenvalue weighted by Gasteiger charge is 2.42. The summed E-state index contributed by atoms with van der Waals surface area (Å²) in [7, 11) is 0. The number of rotatable bonds is 11. The number of unbranched alkanes of at least 4 members (excludes halogenated alkanes) is 1. The lowest BCUT2D eigenvalue weighted by molar-refractivity contribution is -0.187. The Morgan fingerprint density at radius 2 is 1.37 bits per heavy atom. The van der Waals surface area contributed by atoms with Crippen LogP contribution in [-0.4, -0.2) is 12.7 Å². The fraction of sp³-hybridized carbons (Fsp3) is 0.357. The van der Waals surface area contributed by atoms with Crippen molar-refractivity contribution in [1.82, 2.24) is 0 Å². The summed E-state index contributed by atoms with van der Waals surface area (Å²) >= 11 is 0. The minimum absolute atomic E-state index is 0.0444. The van der Waals surface area contributed by atoms with Crippen LogP contribution in [0, 0.1) is 17.5 Å². The molecule has 0 bridgehead atoms. The molecule has 10 heteroatoms. The van der Waals surface area contributed by atoms with Gasteiger partial charge in [-0.25, -0.2) is 8.78 Å². The Hall–Kier alpha value is -3.30. The molecule has 0 unspecified atom stereocenters. The van der Waals surface area contributed by atoms with Crippen LogP contribution in [0.5, 0.6) is 11.5 Å². The van der Waals surface area contributed by atoms with Gasteiger partial charge in [0.25, 0.3) is 0 Å². The molecule has 0 aromatic heterocycles. The molecular formula is C28H26F8O2. The van der Waals surface area contributed by atoms with Crippen molar-refractivity contribution in [2.45, 2.75) is 58.2 Å². The lowest BCUT2D eigenvalue weighted by Crippen LogP contribution is -2.27. The van der Waals surface area contributed by atoms with Crippen LogP contribution in [0.1, 0.15) is 49.8 Å². The van der Waals surface area contributed by atoms with Gasteiger partial charge >= 0.3 is 12.3 Å². The monoisotopic (exact) mass is 546 g/mol. The van der Waals surface area contributed by atoms with E-state index in [-0.39, 0.29) is 12.2 Å². The van der Waals surface area contributed by atoms with Crippen LogP contribution < -0.4 is 9.47 Å². The molecule has 206 valence electrons. The summed E-state index contributed by atoms with van der Waals surface area (Å²) in [4.78, 5) is 0. The Morgan fingerprint density at radius 1 is 0.711 bits per heavy atom. The summed E-state index contributed by atoms with van der Waals surface area (Å²) in [6.45, 7) is 3.59. The van der Waals surface area contributed by atoms with Crippen LogP contribution >= 0.6 is 0 Å². The van der Waals surface area contributed by atoms with Crippen LogP contribution in [0.15, 0.2) is 48.5 Å². The molecule has 3 aromatic rings. The first-order valence-electron chi connectivity index (χ1n) is 12.0. The molecule has 0 N–H and O–H groups in total. The van der Waals surface area contributed by atoms with Crippen molar-refractivity contribution in [2.24, 2.45) is 0 Å². The fourth-order valence-corrected chi connectivity index (χ4v) is 3.89. The fourth-order valence-electron chi connectivity index (χ4n) is 3.89. The number of benzene rings is 3. The largest absolute Gasteiger partial charge is 0.491 e. The normalized spacial score (nSPS) is 12.1. The Morgan fingerprint density at radius 3 is 1.97 bits per heavy atom. The van der Waals surface area contributed by atoms with Gasteiger partial charge in [0.15, 0.2) is 11.6 Å². The van der Waals surface area contributed by atoms with Crippen molar-refractivity contribution in [3.63, 3.8) is 0 Å². The zero-order chi connectivity index (χ0) is 28.1. The van der Waals surface area contributed by atoms with Gasteiger partial charge < -0.3 is 9.47 Å². The van der Waals surface area contributed by atoms with E-state index in [4.69, 9.17) is 4.74 Å². The molecule has 2 nitrogen and oxygen atoms in total. The second kappa shape index (κ2) is 12.0. The molecule has 0 aliphatic rings. The summed E-state index contributed by atoms with van der Waals surface area (Å²) in [6, 6.07) is 9.89. The molecule has 0 aliphatic carbocycles. The average Bonchev–Trinajstić information content (AvgIpc) is 2.85. The Kier molecular flexibility index (Phi) is 9.27. The van der Waals surface area contributed by atoms with Gasteiger partial charge in [0.1, 0.15) is 17.1 Å². The molecular weight excluding hydrogens is 520 g/mol. The van der Waals surface area contributed by atoms with Gasteiger partial charge in [-0.3, -0.25) is 0 Å². The highest BCUT2D eigenvalue weighted by Crippen LogP contribution is 2.43. The Balaban J connectivity index is 1.85. The third-order valence-electron chi connectivity index (χ3n) is 5.84. The summed E-state index contributed by atoms with van der Waals surface area (Å²) in [5, 5.41) is 0. The van der Waals surface area contributed by atoms with Gasteiger partial charge in [0.05, 0.1) is 13.0 Å². The van der Waals surface area contributed by atoms with E-state index in [0.717, 1.165) is 43.0 Å². The first-order chi connectivity index (χ1) is 17.9. The average molecular weight is 546 g/mol. The number of hydrogen-bond donors (Lipinski definition) is 0. The molecule has 0 amide bonds. The van der Waals surface area contributed by atoms with E-state index >= 15 is 4.39 Å². The maximum atomic E-state index is 15.1. The predicted octanol–water partition coefficient (Wildman–Crippen LogP) is 9.14. The SMILES string of the molecule is CCCCc1ccc(-c2ccc(OC(F)(F)CCc3ccc(OCC)c(F)c3F)c(C(F)(F)F)c2F)cc1. The second-order valence-electron chi connectivity index (χ2n) is 8.62. The lowest BCUT2D eigenvalue weighted by Gasteiger charge is -2.22. The van der Waals surface area contributed by atoms with Gasteiger partial charge in [0, 0.05) is 5.56 Å². The molecule has 0 saturated carbocycles. The number of halogens is 8. The van der Waals surface area contributed by atoms with E-state index in [2.05, 4.69) is 4.74 Å². The van der Waals surface area contributed by atoms with Crippen LogP contribution in [0.2, 0.25) is 0 Å². The molecule has 0 fully saturated rings. The molecule has 38 heavy (non-hydrogen) atoms. The first-order valence-corrected chi connectivity index (χ1v) is 12.0. The zero-order valence-electron chi connectivity index (χ0n) is 20.7. The van der Waals surface area contributed by atoms with Gasteiger partial charge in [-0.2, -0.15) is 26.3 Å². The Bertz CT molecular complexity index is 1240.